The van der Waals surface area contributed by atoms with Crippen molar-refractivity contribution in [2.24, 2.45) is 5.41 Å². The predicted octanol–water partition coefficient (Wildman–Crippen LogP) is 1.23. The fourth-order valence-corrected chi connectivity index (χ4v) is 1.38. The minimum atomic E-state index is -0.784. The van der Waals surface area contributed by atoms with Gasteiger partial charge in [0, 0.05) is 6.54 Å². The molecule has 0 radical (unpaired) electrons. The maximum atomic E-state index is 10.9. The van der Waals surface area contributed by atoms with E-state index in [0.717, 1.165) is 12.8 Å². The monoisotopic (exact) mass is 211 g/mol. The number of rotatable bonds is 4. The van der Waals surface area contributed by atoms with Gasteiger partial charge in [-0.05, 0) is 18.3 Å². The molecule has 0 aromatic heterocycles. The Morgan fingerprint density at radius 3 is 2.27 bits per heavy atom. The van der Waals surface area contributed by atoms with Gasteiger partial charge in [0.2, 0.25) is 0 Å². The molecular formula is C11H17NO3. The van der Waals surface area contributed by atoms with Crippen molar-refractivity contribution < 1.29 is 5.11 Å². The molecule has 1 aromatic rings. The zero-order valence-corrected chi connectivity index (χ0v) is 9.39. The van der Waals surface area contributed by atoms with Gasteiger partial charge in [-0.15, -0.1) is 0 Å². The summed E-state index contributed by atoms with van der Waals surface area (Å²) in [6.07, 6.45) is 1.93. The Kier molecular flexibility index (Phi) is 3.17. The van der Waals surface area contributed by atoms with Gasteiger partial charge >= 0.3 is 0 Å². The van der Waals surface area contributed by atoms with E-state index in [1.54, 1.807) is 0 Å². The molecule has 0 aliphatic carbocycles. The Labute approximate surface area is 88.6 Å². The molecule has 0 saturated heterocycles. The van der Waals surface area contributed by atoms with Crippen LogP contribution in [0.1, 0.15) is 33.6 Å². The van der Waals surface area contributed by atoms with Crippen LogP contribution in [0.25, 0.3) is 0 Å². The van der Waals surface area contributed by atoms with E-state index in [1.807, 2.05) is 0 Å². The molecule has 0 amide bonds. The lowest BCUT2D eigenvalue weighted by Crippen LogP contribution is -2.33. The van der Waals surface area contributed by atoms with Gasteiger partial charge in [-0.25, -0.2) is 0 Å². The smallest absolute Gasteiger partial charge is 0.271 e. The molecule has 84 valence electrons. The Morgan fingerprint density at radius 2 is 1.80 bits per heavy atom. The molecule has 0 bridgehead atoms. The van der Waals surface area contributed by atoms with Gasteiger partial charge < -0.3 is 10.4 Å². The summed E-state index contributed by atoms with van der Waals surface area (Å²) in [5, 5.41) is 11.8. The molecule has 1 aromatic carbocycles. The van der Waals surface area contributed by atoms with Gasteiger partial charge in [0.1, 0.15) is 5.69 Å². The SMILES string of the molecule is CC(C)(C)CCCNc1c(O)c(=O)c1=O. The van der Waals surface area contributed by atoms with E-state index in [1.165, 1.54) is 0 Å². The zero-order valence-electron chi connectivity index (χ0n) is 9.39. The van der Waals surface area contributed by atoms with Crippen molar-refractivity contribution in [3.63, 3.8) is 0 Å². The van der Waals surface area contributed by atoms with E-state index in [9.17, 15) is 9.59 Å². The van der Waals surface area contributed by atoms with Gasteiger partial charge in [0.25, 0.3) is 10.9 Å². The second-order valence-electron chi connectivity index (χ2n) is 4.97. The van der Waals surface area contributed by atoms with E-state index in [2.05, 4.69) is 26.1 Å². The molecule has 0 fully saturated rings. The lowest BCUT2D eigenvalue weighted by molar-refractivity contribution is 0.370. The third-order valence-corrected chi connectivity index (χ3v) is 2.29. The Morgan fingerprint density at radius 1 is 1.20 bits per heavy atom. The number of aromatic hydroxyl groups is 1. The number of hydrogen-bond donors (Lipinski definition) is 2. The van der Waals surface area contributed by atoms with Crippen LogP contribution in [0.4, 0.5) is 5.69 Å². The maximum Gasteiger partial charge on any atom is 0.271 e. The fraction of sp³-hybridized carbons (Fsp3) is 0.636. The van der Waals surface area contributed by atoms with Crippen molar-refractivity contribution in [2.45, 2.75) is 33.6 Å². The fourth-order valence-electron chi connectivity index (χ4n) is 1.38. The summed E-state index contributed by atoms with van der Waals surface area (Å²) in [5.74, 6) is -0.421. The highest BCUT2D eigenvalue weighted by atomic mass is 16.3. The molecule has 4 heteroatoms. The van der Waals surface area contributed by atoms with Crippen molar-refractivity contribution in [3.05, 3.63) is 20.4 Å². The first-order valence-electron chi connectivity index (χ1n) is 5.09. The number of nitrogens with one attached hydrogen (secondary N) is 1. The van der Waals surface area contributed by atoms with Crippen LogP contribution in [0.2, 0.25) is 0 Å². The quantitative estimate of drug-likeness (QED) is 0.580. The lowest BCUT2D eigenvalue weighted by Gasteiger charge is -2.18. The Hall–Kier alpha value is -1.32. The van der Waals surface area contributed by atoms with Crippen LogP contribution in [0.3, 0.4) is 0 Å². The van der Waals surface area contributed by atoms with Crippen LogP contribution in [0.15, 0.2) is 9.59 Å². The minimum absolute atomic E-state index is 0.0777. The van der Waals surface area contributed by atoms with Crippen molar-refractivity contribution in [1.82, 2.24) is 0 Å². The van der Waals surface area contributed by atoms with E-state index in [-0.39, 0.29) is 11.1 Å². The molecule has 4 nitrogen and oxygen atoms in total. The van der Waals surface area contributed by atoms with Crippen LogP contribution in [0.5, 0.6) is 5.75 Å². The first kappa shape index (κ1) is 11.8. The highest BCUT2D eigenvalue weighted by molar-refractivity contribution is 5.60. The van der Waals surface area contributed by atoms with Crippen LogP contribution >= 0.6 is 0 Å². The average Bonchev–Trinajstić information content (AvgIpc) is 2.14. The van der Waals surface area contributed by atoms with Gasteiger partial charge in [-0.3, -0.25) is 9.59 Å². The van der Waals surface area contributed by atoms with Crippen molar-refractivity contribution in [1.29, 1.82) is 0 Å². The summed E-state index contributed by atoms with van der Waals surface area (Å²) in [6.45, 7) is 7.03. The third-order valence-electron chi connectivity index (χ3n) is 2.29. The summed E-state index contributed by atoms with van der Waals surface area (Å²) < 4.78 is 0. The molecule has 15 heavy (non-hydrogen) atoms. The molecule has 0 aliphatic rings. The summed E-state index contributed by atoms with van der Waals surface area (Å²) in [7, 11) is 0. The van der Waals surface area contributed by atoms with Crippen molar-refractivity contribution in [2.75, 3.05) is 11.9 Å². The van der Waals surface area contributed by atoms with Gasteiger partial charge in [-0.1, -0.05) is 20.8 Å². The van der Waals surface area contributed by atoms with Crippen LogP contribution in [-0.4, -0.2) is 11.7 Å². The zero-order chi connectivity index (χ0) is 11.6. The second kappa shape index (κ2) is 4.04. The normalized spacial score (nSPS) is 11.9. The molecular weight excluding hydrogens is 194 g/mol. The summed E-state index contributed by atoms with van der Waals surface area (Å²) in [4.78, 5) is 21.6. The molecule has 2 N–H and O–H groups in total. The standard InChI is InChI=1S/C11H17NO3/c1-11(2,3)5-4-6-12-7-8(13)10(15)9(7)14/h12-13H,4-6H2,1-3H3. The molecule has 0 saturated carbocycles. The predicted molar refractivity (Wildman–Crippen MR) is 60.2 cm³/mol. The van der Waals surface area contributed by atoms with Crippen LogP contribution in [-0.2, 0) is 0 Å². The molecule has 0 spiro atoms. The Bertz CT molecular complexity index is 408. The lowest BCUT2D eigenvalue weighted by atomic mass is 9.91. The van der Waals surface area contributed by atoms with Crippen molar-refractivity contribution >= 4 is 5.69 Å². The number of anilines is 1. The molecule has 0 unspecified atom stereocenters. The minimum Gasteiger partial charge on any atom is -0.502 e. The molecule has 0 aliphatic heterocycles. The molecule has 1 rings (SSSR count). The highest BCUT2D eigenvalue weighted by Crippen LogP contribution is 2.21. The van der Waals surface area contributed by atoms with Crippen LogP contribution in [0, 0.1) is 5.41 Å². The second-order valence-corrected chi connectivity index (χ2v) is 4.97. The first-order chi connectivity index (χ1) is 6.83. The van der Waals surface area contributed by atoms with E-state index in [4.69, 9.17) is 5.11 Å². The van der Waals surface area contributed by atoms with E-state index >= 15 is 0 Å². The summed E-state index contributed by atoms with van der Waals surface area (Å²) in [5.41, 5.74) is -1.05. The Balaban J connectivity index is 2.34. The van der Waals surface area contributed by atoms with Gasteiger partial charge in [-0.2, -0.15) is 0 Å². The van der Waals surface area contributed by atoms with E-state index < -0.39 is 16.6 Å². The average molecular weight is 211 g/mol. The molecule has 0 heterocycles. The van der Waals surface area contributed by atoms with Crippen LogP contribution < -0.4 is 16.2 Å². The topological polar surface area (TPSA) is 66.4 Å². The summed E-state index contributed by atoms with van der Waals surface area (Å²) >= 11 is 0. The highest BCUT2D eigenvalue weighted by Gasteiger charge is 2.19. The largest absolute Gasteiger partial charge is 0.502 e. The van der Waals surface area contributed by atoms with Gasteiger partial charge in [0.15, 0.2) is 5.75 Å². The number of hydrogen-bond acceptors (Lipinski definition) is 4. The third kappa shape index (κ3) is 2.81. The van der Waals surface area contributed by atoms with E-state index in [0.29, 0.717) is 6.54 Å². The molecule has 0 atom stereocenters. The maximum absolute atomic E-state index is 10.9. The van der Waals surface area contributed by atoms with Crippen molar-refractivity contribution in [3.8, 4) is 5.75 Å². The summed E-state index contributed by atoms with van der Waals surface area (Å²) in [6, 6.07) is 0. The van der Waals surface area contributed by atoms with Gasteiger partial charge in [0.05, 0.1) is 0 Å². The first-order valence-corrected chi connectivity index (χ1v) is 5.09.